The molecule has 0 radical (unpaired) electrons. The molecule has 0 unspecified atom stereocenters. The first-order valence-corrected chi connectivity index (χ1v) is 12.5. The summed E-state index contributed by atoms with van der Waals surface area (Å²) in [5.41, 5.74) is 1.41. The van der Waals surface area contributed by atoms with Gasteiger partial charge in [0.2, 0.25) is 0 Å². The minimum atomic E-state index is -3.99. The summed E-state index contributed by atoms with van der Waals surface area (Å²) in [7, 11) is -1.92. The minimum absolute atomic E-state index is 0.0309. The number of benzene rings is 2. The van der Waals surface area contributed by atoms with Gasteiger partial charge in [0, 0.05) is 19.2 Å². The van der Waals surface area contributed by atoms with Crippen molar-refractivity contribution in [3.63, 3.8) is 0 Å². The molecule has 1 heterocycles. The molecule has 0 saturated carbocycles. The number of halogens is 2. The maximum atomic E-state index is 13.5. The monoisotopic (exact) mass is 479 g/mol. The van der Waals surface area contributed by atoms with Crippen LogP contribution in [0.3, 0.4) is 0 Å². The van der Waals surface area contributed by atoms with E-state index < -0.39 is 21.8 Å². The van der Waals surface area contributed by atoms with Crippen LogP contribution in [0.15, 0.2) is 49.1 Å². The molecular formula is C24H31F2N3O3S. The van der Waals surface area contributed by atoms with Crippen molar-refractivity contribution in [2.24, 2.45) is 0 Å². The SMILES string of the molecule is C=CCN(C)CCCCCOc1ccc2c(c1)CCCN2S(=O)(=O)Nc1ccc(F)c(F)c1. The van der Waals surface area contributed by atoms with Gasteiger partial charge in [0.05, 0.1) is 18.0 Å². The number of hydrogen-bond acceptors (Lipinski definition) is 4. The number of aryl methyl sites for hydroxylation is 1. The first-order valence-electron chi connectivity index (χ1n) is 11.1. The number of hydrogen-bond donors (Lipinski definition) is 1. The van der Waals surface area contributed by atoms with Crippen LogP contribution in [0.4, 0.5) is 20.2 Å². The lowest BCUT2D eigenvalue weighted by Crippen LogP contribution is -2.39. The second kappa shape index (κ2) is 11.5. The van der Waals surface area contributed by atoms with Crippen LogP contribution in [-0.2, 0) is 16.6 Å². The third kappa shape index (κ3) is 6.91. The Balaban J connectivity index is 1.58. The number of rotatable bonds is 12. The molecule has 0 amide bonds. The second-order valence-corrected chi connectivity index (χ2v) is 9.76. The van der Waals surface area contributed by atoms with E-state index in [0.717, 1.165) is 56.5 Å². The number of likely N-dealkylation sites (N-methyl/N-ethyl adjacent to an activating group) is 1. The van der Waals surface area contributed by atoms with Crippen molar-refractivity contribution in [2.45, 2.75) is 32.1 Å². The summed E-state index contributed by atoms with van der Waals surface area (Å²) in [5.74, 6) is -1.43. The number of anilines is 2. The van der Waals surface area contributed by atoms with Gasteiger partial charge >= 0.3 is 10.2 Å². The van der Waals surface area contributed by atoms with Gasteiger partial charge in [-0.05, 0) is 81.6 Å². The molecular weight excluding hydrogens is 448 g/mol. The highest BCUT2D eigenvalue weighted by atomic mass is 32.2. The molecule has 6 nitrogen and oxygen atoms in total. The van der Waals surface area contributed by atoms with Gasteiger partial charge in [-0.2, -0.15) is 8.42 Å². The highest BCUT2D eigenvalue weighted by Crippen LogP contribution is 2.33. The van der Waals surface area contributed by atoms with Crippen LogP contribution in [0.2, 0.25) is 0 Å². The molecule has 180 valence electrons. The number of ether oxygens (including phenoxy) is 1. The Morgan fingerprint density at radius 1 is 1.15 bits per heavy atom. The molecule has 0 fully saturated rings. The Bertz CT molecular complexity index is 1060. The second-order valence-electron chi connectivity index (χ2n) is 8.16. The molecule has 0 atom stereocenters. The molecule has 1 N–H and O–H groups in total. The van der Waals surface area contributed by atoms with Gasteiger partial charge in [0.25, 0.3) is 0 Å². The van der Waals surface area contributed by atoms with Crippen molar-refractivity contribution in [1.29, 1.82) is 0 Å². The highest BCUT2D eigenvalue weighted by molar-refractivity contribution is 7.94. The van der Waals surface area contributed by atoms with Crippen LogP contribution in [0.5, 0.6) is 5.75 Å². The smallest absolute Gasteiger partial charge is 0.323 e. The van der Waals surface area contributed by atoms with Gasteiger partial charge in [-0.1, -0.05) is 6.08 Å². The fourth-order valence-electron chi connectivity index (χ4n) is 3.80. The van der Waals surface area contributed by atoms with E-state index >= 15 is 0 Å². The van der Waals surface area contributed by atoms with Crippen LogP contribution >= 0.6 is 0 Å². The molecule has 0 aliphatic carbocycles. The molecule has 1 aliphatic heterocycles. The lowest BCUT2D eigenvalue weighted by atomic mass is 10.0. The number of nitrogens with one attached hydrogen (secondary N) is 1. The van der Waals surface area contributed by atoms with Crippen LogP contribution in [0.1, 0.15) is 31.2 Å². The maximum absolute atomic E-state index is 13.5. The highest BCUT2D eigenvalue weighted by Gasteiger charge is 2.28. The summed E-state index contributed by atoms with van der Waals surface area (Å²) in [6.07, 6.45) is 6.37. The molecule has 0 spiro atoms. The van der Waals surface area contributed by atoms with Crippen molar-refractivity contribution >= 4 is 21.6 Å². The third-order valence-electron chi connectivity index (χ3n) is 5.48. The lowest BCUT2D eigenvalue weighted by molar-refractivity contribution is 0.295. The van der Waals surface area contributed by atoms with E-state index in [4.69, 9.17) is 4.74 Å². The fraction of sp³-hybridized carbons (Fsp3) is 0.417. The predicted octanol–water partition coefficient (Wildman–Crippen LogP) is 4.74. The minimum Gasteiger partial charge on any atom is -0.494 e. The molecule has 0 aromatic heterocycles. The Morgan fingerprint density at radius 3 is 2.73 bits per heavy atom. The van der Waals surface area contributed by atoms with Gasteiger partial charge < -0.3 is 9.64 Å². The van der Waals surface area contributed by atoms with E-state index in [9.17, 15) is 17.2 Å². The number of fused-ring (bicyclic) bond motifs is 1. The van der Waals surface area contributed by atoms with Crippen molar-refractivity contribution in [2.75, 3.05) is 42.3 Å². The quantitative estimate of drug-likeness (QED) is 0.353. The van der Waals surface area contributed by atoms with Crippen LogP contribution < -0.4 is 13.8 Å². The van der Waals surface area contributed by atoms with Gasteiger partial charge in [-0.3, -0.25) is 9.03 Å². The Labute approximate surface area is 195 Å². The molecule has 3 rings (SSSR count). The first kappa shape index (κ1) is 25.0. The zero-order valence-corrected chi connectivity index (χ0v) is 19.7. The van der Waals surface area contributed by atoms with E-state index in [1.165, 1.54) is 10.4 Å². The van der Waals surface area contributed by atoms with Crippen molar-refractivity contribution in [1.82, 2.24) is 4.90 Å². The summed E-state index contributed by atoms with van der Waals surface area (Å²) >= 11 is 0. The van der Waals surface area contributed by atoms with E-state index in [1.807, 2.05) is 12.1 Å². The summed E-state index contributed by atoms with van der Waals surface area (Å²) < 4.78 is 61.9. The van der Waals surface area contributed by atoms with Crippen molar-refractivity contribution in [3.8, 4) is 5.75 Å². The predicted molar refractivity (Wildman–Crippen MR) is 128 cm³/mol. The van der Waals surface area contributed by atoms with Gasteiger partial charge in [0.15, 0.2) is 11.6 Å². The molecule has 0 saturated heterocycles. The van der Waals surface area contributed by atoms with Crippen molar-refractivity contribution in [3.05, 3.63) is 66.3 Å². The molecule has 2 aromatic carbocycles. The van der Waals surface area contributed by atoms with Crippen LogP contribution in [0.25, 0.3) is 0 Å². The Kier molecular flexibility index (Phi) is 8.68. The number of nitrogens with zero attached hydrogens (tertiary/aromatic N) is 2. The van der Waals surface area contributed by atoms with Crippen LogP contribution in [0, 0.1) is 11.6 Å². The van der Waals surface area contributed by atoms with E-state index in [2.05, 4.69) is 23.2 Å². The molecule has 0 bridgehead atoms. The topological polar surface area (TPSA) is 61.9 Å². The summed E-state index contributed by atoms with van der Waals surface area (Å²) in [4.78, 5) is 2.22. The molecule has 2 aromatic rings. The Morgan fingerprint density at radius 2 is 1.97 bits per heavy atom. The van der Waals surface area contributed by atoms with Gasteiger partial charge in [0.1, 0.15) is 5.75 Å². The van der Waals surface area contributed by atoms with E-state index in [0.29, 0.717) is 31.0 Å². The van der Waals surface area contributed by atoms with E-state index in [1.54, 1.807) is 12.1 Å². The van der Waals surface area contributed by atoms with Gasteiger partial charge in [-0.25, -0.2) is 8.78 Å². The molecule has 33 heavy (non-hydrogen) atoms. The zero-order valence-electron chi connectivity index (χ0n) is 18.9. The normalized spacial score (nSPS) is 13.6. The lowest BCUT2D eigenvalue weighted by Gasteiger charge is -2.31. The summed E-state index contributed by atoms with van der Waals surface area (Å²) in [5, 5.41) is 0. The van der Waals surface area contributed by atoms with Crippen LogP contribution in [-0.4, -0.2) is 46.6 Å². The maximum Gasteiger partial charge on any atom is 0.323 e. The fourth-order valence-corrected chi connectivity index (χ4v) is 5.15. The Hall–Kier alpha value is -2.65. The zero-order chi connectivity index (χ0) is 23.8. The summed E-state index contributed by atoms with van der Waals surface area (Å²) in [6, 6.07) is 8.29. The van der Waals surface area contributed by atoms with E-state index in [-0.39, 0.29) is 5.69 Å². The van der Waals surface area contributed by atoms with Gasteiger partial charge in [-0.15, -0.1) is 6.58 Å². The number of unbranched alkanes of at least 4 members (excludes halogenated alkanes) is 2. The molecule has 1 aliphatic rings. The average Bonchev–Trinajstić information content (AvgIpc) is 2.78. The average molecular weight is 480 g/mol. The first-order chi connectivity index (χ1) is 15.8. The summed E-state index contributed by atoms with van der Waals surface area (Å²) in [6.45, 7) is 6.54. The third-order valence-corrected chi connectivity index (χ3v) is 6.93. The largest absolute Gasteiger partial charge is 0.494 e. The van der Waals surface area contributed by atoms with Crippen molar-refractivity contribution < 1.29 is 21.9 Å². The molecule has 9 heteroatoms. The standard InChI is InChI=1S/C24H31F2N3O3S/c1-3-13-28(2)14-5-4-6-16-32-21-10-12-24-19(17-21)8-7-15-29(24)33(30,31)27-20-9-11-22(25)23(26)18-20/h3,9-12,17-18,27H,1,4-8,13-16H2,2H3.